The van der Waals surface area contributed by atoms with Gasteiger partial charge in [0.2, 0.25) is 0 Å². The summed E-state index contributed by atoms with van der Waals surface area (Å²) >= 11 is 5.80. The fourth-order valence-corrected chi connectivity index (χ4v) is 1.53. The minimum atomic E-state index is -0.188. The SMILES string of the molecule is CC(=O)c1cc(O)c2ccc(Cl)cc2n1. The first-order chi connectivity index (χ1) is 7.08. The van der Waals surface area contributed by atoms with E-state index >= 15 is 0 Å². The van der Waals surface area contributed by atoms with Crippen molar-refractivity contribution in [1.29, 1.82) is 0 Å². The fourth-order valence-electron chi connectivity index (χ4n) is 1.36. The number of pyridine rings is 1. The van der Waals surface area contributed by atoms with Gasteiger partial charge in [0.15, 0.2) is 5.78 Å². The third-order valence-corrected chi connectivity index (χ3v) is 2.35. The molecule has 1 aromatic carbocycles. The minimum Gasteiger partial charge on any atom is -0.507 e. The molecule has 0 aliphatic heterocycles. The van der Waals surface area contributed by atoms with Gasteiger partial charge >= 0.3 is 0 Å². The molecule has 1 N–H and O–H groups in total. The van der Waals surface area contributed by atoms with E-state index in [4.69, 9.17) is 11.6 Å². The number of carbonyl (C=O) groups excluding carboxylic acids is 1. The molecule has 0 saturated heterocycles. The van der Waals surface area contributed by atoms with Gasteiger partial charge in [0.25, 0.3) is 0 Å². The first-order valence-corrected chi connectivity index (χ1v) is 4.76. The molecule has 0 amide bonds. The number of rotatable bonds is 1. The van der Waals surface area contributed by atoms with Crippen LogP contribution in [0.3, 0.4) is 0 Å². The highest BCUT2D eigenvalue weighted by Crippen LogP contribution is 2.26. The molecule has 1 heterocycles. The molecule has 0 spiro atoms. The summed E-state index contributed by atoms with van der Waals surface area (Å²) in [7, 11) is 0. The molecule has 0 unspecified atom stereocenters. The Morgan fingerprint density at radius 3 is 2.80 bits per heavy atom. The molecule has 3 nitrogen and oxygen atoms in total. The zero-order valence-corrected chi connectivity index (χ0v) is 8.75. The summed E-state index contributed by atoms with van der Waals surface area (Å²) in [5, 5.41) is 10.8. The Morgan fingerprint density at radius 2 is 2.13 bits per heavy atom. The summed E-state index contributed by atoms with van der Waals surface area (Å²) in [6, 6.07) is 6.31. The first kappa shape index (κ1) is 9.93. The number of carbonyl (C=O) groups is 1. The van der Waals surface area contributed by atoms with Gasteiger partial charge < -0.3 is 5.11 Å². The minimum absolute atomic E-state index is 0.0434. The van der Waals surface area contributed by atoms with Crippen molar-refractivity contribution in [3.8, 4) is 5.75 Å². The first-order valence-electron chi connectivity index (χ1n) is 4.38. The van der Waals surface area contributed by atoms with Gasteiger partial charge in [-0.05, 0) is 18.2 Å². The van der Waals surface area contributed by atoms with Crippen LogP contribution in [0.2, 0.25) is 5.02 Å². The van der Waals surface area contributed by atoms with Crippen molar-refractivity contribution >= 4 is 28.3 Å². The third-order valence-electron chi connectivity index (χ3n) is 2.11. The number of aromatic hydroxyl groups is 1. The third kappa shape index (κ3) is 1.78. The zero-order valence-electron chi connectivity index (χ0n) is 7.99. The topological polar surface area (TPSA) is 50.2 Å². The van der Waals surface area contributed by atoms with Crippen molar-refractivity contribution in [1.82, 2.24) is 4.98 Å². The Balaban J connectivity index is 2.79. The number of aromatic nitrogens is 1. The standard InChI is InChI=1S/C11H8ClNO2/c1-6(14)9-5-11(15)8-3-2-7(12)4-10(8)13-9/h2-5H,1H3,(H,13,15). The summed E-state index contributed by atoms with van der Waals surface area (Å²) in [5.41, 5.74) is 0.759. The highest BCUT2D eigenvalue weighted by Gasteiger charge is 2.08. The average Bonchev–Trinajstić information content (AvgIpc) is 2.16. The largest absolute Gasteiger partial charge is 0.507 e. The maximum atomic E-state index is 11.1. The van der Waals surface area contributed by atoms with Gasteiger partial charge in [-0.1, -0.05) is 11.6 Å². The second kappa shape index (κ2) is 3.51. The summed E-state index contributed by atoms with van der Waals surface area (Å²) in [6.45, 7) is 1.40. The van der Waals surface area contributed by atoms with E-state index in [2.05, 4.69) is 4.98 Å². The molecule has 0 aliphatic rings. The molecule has 0 atom stereocenters. The monoisotopic (exact) mass is 221 g/mol. The highest BCUT2D eigenvalue weighted by atomic mass is 35.5. The Morgan fingerprint density at radius 1 is 1.40 bits per heavy atom. The quantitative estimate of drug-likeness (QED) is 0.754. The number of hydrogen-bond donors (Lipinski definition) is 1. The lowest BCUT2D eigenvalue weighted by Gasteiger charge is -2.03. The van der Waals surface area contributed by atoms with Gasteiger partial charge in [-0.15, -0.1) is 0 Å². The normalized spacial score (nSPS) is 10.5. The van der Waals surface area contributed by atoms with E-state index < -0.39 is 0 Å². The molecular formula is C11H8ClNO2. The lowest BCUT2D eigenvalue weighted by molar-refractivity contribution is 0.101. The van der Waals surface area contributed by atoms with Crippen LogP contribution in [0.4, 0.5) is 0 Å². The van der Waals surface area contributed by atoms with Gasteiger partial charge in [0.1, 0.15) is 11.4 Å². The zero-order chi connectivity index (χ0) is 11.0. The van der Waals surface area contributed by atoms with Gasteiger partial charge in [-0.3, -0.25) is 4.79 Å². The van der Waals surface area contributed by atoms with E-state index in [1.807, 2.05) is 0 Å². The van der Waals surface area contributed by atoms with Gasteiger partial charge in [0.05, 0.1) is 5.52 Å². The van der Waals surface area contributed by atoms with E-state index in [0.29, 0.717) is 15.9 Å². The van der Waals surface area contributed by atoms with E-state index in [1.54, 1.807) is 18.2 Å². The Labute approximate surface area is 91.3 Å². The number of ketones is 1. The number of halogens is 1. The number of Topliss-reactive ketones (excluding diaryl/α,β-unsaturated/α-hetero) is 1. The van der Waals surface area contributed by atoms with Crippen LogP contribution in [0, 0.1) is 0 Å². The fraction of sp³-hybridized carbons (Fsp3) is 0.0909. The Bertz CT molecular complexity index is 552. The Hall–Kier alpha value is -1.61. The molecule has 0 aliphatic carbocycles. The summed E-state index contributed by atoms with van der Waals surface area (Å²) < 4.78 is 0. The molecule has 2 aromatic rings. The van der Waals surface area contributed by atoms with E-state index in [1.165, 1.54) is 13.0 Å². The smallest absolute Gasteiger partial charge is 0.178 e. The molecule has 0 radical (unpaired) electrons. The maximum absolute atomic E-state index is 11.1. The van der Waals surface area contributed by atoms with Crippen molar-refractivity contribution in [3.05, 3.63) is 35.0 Å². The van der Waals surface area contributed by atoms with E-state index in [9.17, 15) is 9.90 Å². The van der Waals surface area contributed by atoms with Crippen molar-refractivity contribution in [3.63, 3.8) is 0 Å². The van der Waals surface area contributed by atoms with Gasteiger partial charge in [0, 0.05) is 23.4 Å². The molecular weight excluding hydrogens is 214 g/mol. The predicted octanol–water partition coefficient (Wildman–Crippen LogP) is 2.80. The highest BCUT2D eigenvalue weighted by molar-refractivity contribution is 6.31. The van der Waals surface area contributed by atoms with Crippen LogP contribution < -0.4 is 0 Å². The van der Waals surface area contributed by atoms with Crippen LogP contribution in [-0.2, 0) is 0 Å². The number of hydrogen-bond acceptors (Lipinski definition) is 3. The molecule has 0 saturated carbocycles. The molecule has 0 bridgehead atoms. The van der Waals surface area contributed by atoms with Crippen LogP contribution in [0.1, 0.15) is 17.4 Å². The number of nitrogens with zero attached hydrogens (tertiary/aromatic N) is 1. The molecule has 76 valence electrons. The Kier molecular flexibility index (Phi) is 2.32. The predicted molar refractivity (Wildman–Crippen MR) is 58.4 cm³/mol. The summed E-state index contributed by atoms with van der Waals surface area (Å²) in [6.07, 6.45) is 0. The number of fused-ring (bicyclic) bond motifs is 1. The molecule has 1 aromatic heterocycles. The maximum Gasteiger partial charge on any atom is 0.178 e. The van der Waals surface area contributed by atoms with Crippen LogP contribution in [-0.4, -0.2) is 15.9 Å². The van der Waals surface area contributed by atoms with Crippen LogP contribution in [0.5, 0.6) is 5.75 Å². The van der Waals surface area contributed by atoms with E-state index in [-0.39, 0.29) is 17.2 Å². The number of benzene rings is 1. The van der Waals surface area contributed by atoms with Crippen molar-refractivity contribution < 1.29 is 9.90 Å². The molecule has 2 rings (SSSR count). The molecule has 4 heteroatoms. The molecule has 15 heavy (non-hydrogen) atoms. The van der Waals surface area contributed by atoms with Crippen molar-refractivity contribution in [2.45, 2.75) is 6.92 Å². The van der Waals surface area contributed by atoms with E-state index in [0.717, 1.165) is 0 Å². The lowest BCUT2D eigenvalue weighted by Crippen LogP contribution is -1.96. The van der Waals surface area contributed by atoms with Gasteiger partial charge in [-0.25, -0.2) is 4.98 Å². The van der Waals surface area contributed by atoms with Gasteiger partial charge in [-0.2, -0.15) is 0 Å². The summed E-state index contributed by atoms with van der Waals surface area (Å²) in [5.74, 6) is -0.144. The van der Waals surface area contributed by atoms with Crippen LogP contribution in [0.25, 0.3) is 10.9 Å². The van der Waals surface area contributed by atoms with Crippen molar-refractivity contribution in [2.24, 2.45) is 0 Å². The second-order valence-corrected chi connectivity index (χ2v) is 3.68. The lowest BCUT2D eigenvalue weighted by atomic mass is 10.1. The average molecular weight is 222 g/mol. The molecule has 0 fully saturated rings. The summed E-state index contributed by atoms with van der Waals surface area (Å²) in [4.78, 5) is 15.2. The van der Waals surface area contributed by atoms with Crippen LogP contribution >= 0.6 is 11.6 Å². The second-order valence-electron chi connectivity index (χ2n) is 3.24. The van der Waals surface area contributed by atoms with Crippen molar-refractivity contribution in [2.75, 3.05) is 0 Å². The van der Waals surface area contributed by atoms with Crippen LogP contribution in [0.15, 0.2) is 24.3 Å².